The maximum Gasteiger partial charge on any atom is 0.0907 e. The van der Waals surface area contributed by atoms with Crippen LogP contribution in [0, 0.1) is 0 Å². The molecule has 0 radical (unpaired) electrons. The van der Waals surface area contributed by atoms with E-state index in [0.29, 0.717) is 6.04 Å². The molecule has 1 aliphatic heterocycles. The van der Waals surface area contributed by atoms with Crippen molar-refractivity contribution in [3.05, 3.63) is 65.7 Å². The lowest BCUT2D eigenvalue weighted by Crippen LogP contribution is -2.59. The van der Waals surface area contributed by atoms with Gasteiger partial charge in [0.05, 0.1) is 25.7 Å². The van der Waals surface area contributed by atoms with Crippen molar-refractivity contribution in [2.75, 3.05) is 31.1 Å². The van der Waals surface area contributed by atoms with E-state index in [1.807, 2.05) is 0 Å². The first kappa shape index (κ1) is 21.4. The van der Waals surface area contributed by atoms with E-state index in [9.17, 15) is 0 Å². The minimum atomic E-state index is 0.604. The van der Waals surface area contributed by atoms with Crippen molar-refractivity contribution in [2.24, 2.45) is 0 Å². The molecule has 30 heavy (non-hydrogen) atoms. The lowest BCUT2D eigenvalue weighted by Gasteiger charge is -2.49. The average Bonchev–Trinajstić information content (AvgIpc) is 3.20. The molecule has 1 aliphatic carbocycles. The summed E-state index contributed by atoms with van der Waals surface area (Å²) in [5, 5.41) is 0. The van der Waals surface area contributed by atoms with Crippen LogP contribution >= 0.6 is 0 Å². The van der Waals surface area contributed by atoms with Crippen molar-refractivity contribution < 1.29 is 4.48 Å². The topological polar surface area (TPSA) is 3.24 Å². The van der Waals surface area contributed by atoms with Gasteiger partial charge < -0.3 is 9.38 Å². The molecule has 0 amide bonds. The summed E-state index contributed by atoms with van der Waals surface area (Å²) in [6.07, 6.45) is 10.6. The minimum Gasteiger partial charge on any atom is -0.368 e. The summed E-state index contributed by atoms with van der Waals surface area (Å²) in [5.41, 5.74) is 4.53. The highest BCUT2D eigenvalue weighted by atomic mass is 15.4. The number of para-hydroxylation sites is 1. The third kappa shape index (κ3) is 4.59. The lowest BCUT2D eigenvalue weighted by atomic mass is 9.94. The van der Waals surface area contributed by atoms with Gasteiger partial charge >= 0.3 is 0 Å². The fourth-order valence-corrected chi connectivity index (χ4v) is 6.46. The zero-order valence-electron chi connectivity index (χ0n) is 19.2. The van der Waals surface area contributed by atoms with E-state index in [4.69, 9.17) is 0 Å². The molecule has 0 saturated carbocycles. The first-order valence-electron chi connectivity index (χ1n) is 12.5. The van der Waals surface area contributed by atoms with Crippen LogP contribution in [0.3, 0.4) is 0 Å². The average molecular weight is 406 g/mol. The van der Waals surface area contributed by atoms with Gasteiger partial charge in [-0.15, -0.1) is 0 Å². The Morgan fingerprint density at radius 3 is 2.10 bits per heavy atom. The fourth-order valence-electron chi connectivity index (χ4n) is 6.46. The minimum absolute atomic E-state index is 0.604. The standard InChI is InChI=1S/C28H41N2/c1-3-19-30(20-4-2)21-11-10-16-28(30)17-18-29(26-14-6-5-7-15-26)27-22-24-12-8-9-13-25(24)23-27/h5-9,12-15,27-28H,3-4,10-11,16-23H2,1-2H3/q+1/t28-/m1/s1. The largest absolute Gasteiger partial charge is 0.368 e. The van der Waals surface area contributed by atoms with Crippen LogP contribution in [-0.4, -0.2) is 42.7 Å². The van der Waals surface area contributed by atoms with Crippen LogP contribution in [0.5, 0.6) is 0 Å². The van der Waals surface area contributed by atoms with Gasteiger partial charge in [0.1, 0.15) is 0 Å². The molecule has 2 aliphatic rings. The van der Waals surface area contributed by atoms with E-state index >= 15 is 0 Å². The van der Waals surface area contributed by atoms with Gasteiger partial charge in [-0.2, -0.15) is 0 Å². The van der Waals surface area contributed by atoms with Crippen LogP contribution < -0.4 is 4.90 Å². The highest BCUT2D eigenvalue weighted by Gasteiger charge is 2.38. The van der Waals surface area contributed by atoms with E-state index in [1.165, 1.54) is 87.7 Å². The molecule has 0 bridgehead atoms. The highest BCUT2D eigenvalue weighted by Crippen LogP contribution is 2.33. The number of quaternary nitrogens is 1. The quantitative estimate of drug-likeness (QED) is 0.446. The van der Waals surface area contributed by atoms with Gasteiger partial charge in [-0.3, -0.25) is 0 Å². The monoisotopic (exact) mass is 405 g/mol. The van der Waals surface area contributed by atoms with Crippen molar-refractivity contribution in [3.63, 3.8) is 0 Å². The van der Waals surface area contributed by atoms with E-state index < -0.39 is 0 Å². The smallest absolute Gasteiger partial charge is 0.0907 e. The molecular formula is C28H41N2+. The Morgan fingerprint density at radius 2 is 1.47 bits per heavy atom. The molecule has 0 unspecified atom stereocenters. The lowest BCUT2D eigenvalue weighted by molar-refractivity contribution is -0.956. The van der Waals surface area contributed by atoms with Gasteiger partial charge in [-0.1, -0.05) is 56.3 Å². The molecule has 2 heteroatoms. The van der Waals surface area contributed by atoms with Crippen molar-refractivity contribution in [1.82, 2.24) is 0 Å². The number of hydrogen-bond acceptors (Lipinski definition) is 1. The molecular weight excluding hydrogens is 364 g/mol. The van der Waals surface area contributed by atoms with Gasteiger partial charge in [0.2, 0.25) is 0 Å². The number of benzene rings is 2. The predicted molar refractivity (Wildman–Crippen MR) is 129 cm³/mol. The molecule has 162 valence electrons. The molecule has 1 atom stereocenters. The van der Waals surface area contributed by atoms with Crippen LogP contribution in [0.25, 0.3) is 0 Å². The van der Waals surface area contributed by atoms with Crippen LogP contribution in [-0.2, 0) is 12.8 Å². The number of rotatable bonds is 9. The van der Waals surface area contributed by atoms with Crippen LogP contribution in [0.4, 0.5) is 5.69 Å². The maximum absolute atomic E-state index is 2.75. The summed E-state index contributed by atoms with van der Waals surface area (Å²) in [4.78, 5) is 2.75. The molecule has 1 fully saturated rings. The first-order valence-corrected chi connectivity index (χ1v) is 12.5. The Hall–Kier alpha value is -1.80. The Bertz CT molecular complexity index is 748. The predicted octanol–water partition coefficient (Wildman–Crippen LogP) is 6.24. The number of likely N-dealkylation sites (tertiary alicyclic amines) is 1. The number of hydrogen-bond donors (Lipinski definition) is 0. The van der Waals surface area contributed by atoms with Crippen molar-refractivity contribution in [2.45, 2.75) is 77.3 Å². The summed E-state index contributed by atoms with van der Waals surface area (Å²) in [5.74, 6) is 0. The number of anilines is 1. The van der Waals surface area contributed by atoms with Gasteiger partial charge in [0.15, 0.2) is 0 Å². The van der Waals surface area contributed by atoms with Gasteiger partial charge in [0, 0.05) is 24.7 Å². The number of piperidine rings is 1. The van der Waals surface area contributed by atoms with E-state index in [2.05, 4.69) is 73.3 Å². The Morgan fingerprint density at radius 1 is 0.833 bits per heavy atom. The van der Waals surface area contributed by atoms with Gasteiger partial charge in [-0.05, 0) is 68.2 Å². The van der Waals surface area contributed by atoms with Crippen LogP contribution in [0.15, 0.2) is 54.6 Å². The zero-order chi connectivity index (χ0) is 20.8. The van der Waals surface area contributed by atoms with Crippen molar-refractivity contribution >= 4 is 5.69 Å². The molecule has 0 spiro atoms. The highest BCUT2D eigenvalue weighted by molar-refractivity contribution is 5.49. The molecule has 1 heterocycles. The maximum atomic E-state index is 2.75. The Kier molecular flexibility index (Phi) is 7.15. The zero-order valence-corrected chi connectivity index (χ0v) is 19.2. The van der Waals surface area contributed by atoms with Gasteiger partial charge in [-0.25, -0.2) is 0 Å². The first-order chi connectivity index (χ1) is 14.8. The number of fused-ring (bicyclic) bond motifs is 1. The molecule has 2 aromatic rings. The molecule has 2 nitrogen and oxygen atoms in total. The third-order valence-corrected chi connectivity index (χ3v) is 7.76. The van der Waals surface area contributed by atoms with Crippen LogP contribution in [0.1, 0.15) is 63.5 Å². The summed E-state index contributed by atoms with van der Waals surface area (Å²) in [6, 6.07) is 21.7. The summed E-state index contributed by atoms with van der Waals surface area (Å²) in [6.45, 7) is 10.1. The van der Waals surface area contributed by atoms with E-state index in [-0.39, 0.29) is 0 Å². The molecule has 0 N–H and O–H groups in total. The van der Waals surface area contributed by atoms with Crippen LogP contribution in [0.2, 0.25) is 0 Å². The SMILES string of the molecule is CCC[N+]1(CCC)CCCC[C@@H]1CCN(c1ccccc1)C1Cc2ccccc2C1. The fraction of sp³-hybridized carbons (Fsp3) is 0.571. The molecule has 2 aromatic carbocycles. The third-order valence-electron chi connectivity index (χ3n) is 7.76. The second-order valence-electron chi connectivity index (χ2n) is 9.69. The second-order valence-corrected chi connectivity index (χ2v) is 9.69. The Balaban J connectivity index is 1.52. The van der Waals surface area contributed by atoms with Crippen molar-refractivity contribution in [3.8, 4) is 0 Å². The molecule has 1 saturated heterocycles. The molecule has 4 rings (SSSR count). The van der Waals surface area contributed by atoms with Crippen molar-refractivity contribution in [1.29, 1.82) is 0 Å². The molecule has 0 aromatic heterocycles. The number of nitrogens with zero attached hydrogens (tertiary/aromatic N) is 2. The summed E-state index contributed by atoms with van der Waals surface area (Å²) in [7, 11) is 0. The van der Waals surface area contributed by atoms with E-state index in [0.717, 1.165) is 6.04 Å². The summed E-state index contributed by atoms with van der Waals surface area (Å²) >= 11 is 0. The Labute approximate surface area is 184 Å². The van der Waals surface area contributed by atoms with Gasteiger partial charge in [0.25, 0.3) is 0 Å². The normalized spacial score (nSPS) is 20.8. The second kappa shape index (κ2) is 10.0. The van der Waals surface area contributed by atoms with E-state index in [1.54, 1.807) is 11.1 Å². The summed E-state index contributed by atoms with van der Waals surface area (Å²) < 4.78 is 1.39.